The van der Waals surface area contributed by atoms with Crippen LogP contribution < -0.4 is 0 Å². The number of pyridine rings is 1. The van der Waals surface area contributed by atoms with Gasteiger partial charge in [-0.15, -0.1) is 0 Å². The lowest BCUT2D eigenvalue weighted by Gasteiger charge is -2.52. The normalized spacial score (nSPS) is 47.9. The number of rotatable bonds is 4. The van der Waals surface area contributed by atoms with Crippen molar-refractivity contribution in [3.8, 4) is 0 Å². The van der Waals surface area contributed by atoms with Gasteiger partial charge in [0.25, 0.3) is 0 Å². The second-order valence-electron chi connectivity index (χ2n) is 13.1. The predicted molar refractivity (Wildman–Crippen MR) is 134 cm³/mol. The number of hydrogen-bond donors (Lipinski definition) is 2. The molecule has 0 amide bonds. The molecule has 4 fully saturated rings. The Balaban J connectivity index is 1.44. The van der Waals surface area contributed by atoms with Crippen LogP contribution in [0.4, 0.5) is 0 Å². The Bertz CT molecular complexity index is 797. The van der Waals surface area contributed by atoms with E-state index in [0.29, 0.717) is 10.8 Å². The minimum atomic E-state index is 0.0187. The van der Waals surface area contributed by atoms with E-state index in [4.69, 9.17) is 30.2 Å². The lowest BCUT2D eigenvalue weighted by Crippen LogP contribution is -2.52. The topological polar surface area (TPSA) is 12.9 Å². The zero-order chi connectivity index (χ0) is 21.8. The van der Waals surface area contributed by atoms with Gasteiger partial charge in [-0.2, -0.15) is 25.3 Å². The van der Waals surface area contributed by atoms with Crippen LogP contribution in [0.5, 0.6) is 0 Å². The van der Waals surface area contributed by atoms with Crippen molar-refractivity contribution in [2.45, 2.75) is 102 Å². The number of fused-ring (bicyclic) bond motifs is 4. The summed E-state index contributed by atoms with van der Waals surface area (Å²) in [5.74, 6) is 1.61. The first-order valence-corrected chi connectivity index (χ1v) is 13.1. The maximum atomic E-state index is 5.45. The van der Waals surface area contributed by atoms with Gasteiger partial charge in [0.15, 0.2) is 0 Å². The van der Waals surface area contributed by atoms with Gasteiger partial charge in [0.05, 0.1) is 0 Å². The van der Waals surface area contributed by atoms with Gasteiger partial charge >= 0.3 is 0 Å². The molecular weight excluding hydrogens is 402 g/mol. The molecule has 5 rings (SSSR count). The average Bonchev–Trinajstić information content (AvgIpc) is 3.32. The molecule has 0 radical (unpaired) electrons. The summed E-state index contributed by atoms with van der Waals surface area (Å²) in [5.41, 5.74) is 3.62. The molecule has 4 aliphatic rings. The smallest absolute Gasteiger partial charge is 0.0421 e. The maximum absolute atomic E-state index is 5.45. The Labute approximate surface area is 195 Å². The van der Waals surface area contributed by atoms with E-state index in [-0.39, 0.29) is 20.3 Å². The molecule has 0 N–H and O–H groups in total. The van der Waals surface area contributed by atoms with Crippen molar-refractivity contribution in [1.82, 2.24) is 4.98 Å². The van der Waals surface area contributed by atoms with Crippen LogP contribution in [-0.4, -0.2) is 14.5 Å². The van der Waals surface area contributed by atoms with Crippen molar-refractivity contribution in [3.63, 3.8) is 0 Å². The second-order valence-corrected chi connectivity index (χ2v) is 14.7. The summed E-state index contributed by atoms with van der Waals surface area (Å²) < 4.78 is 0.0374. The minimum Gasteiger partial charge on any atom is -0.258 e. The third-order valence-electron chi connectivity index (χ3n) is 11.4. The van der Waals surface area contributed by atoms with Gasteiger partial charge in [0.1, 0.15) is 0 Å². The number of hydrogen-bond acceptors (Lipinski definition) is 3. The summed E-state index contributed by atoms with van der Waals surface area (Å²) in [6.45, 7) is 14.8. The van der Waals surface area contributed by atoms with E-state index in [1.54, 1.807) is 0 Å². The highest BCUT2D eigenvalue weighted by Crippen LogP contribution is 2.72. The first-order valence-electron chi connectivity index (χ1n) is 12.2. The van der Waals surface area contributed by atoms with Crippen molar-refractivity contribution in [3.05, 3.63) is 29.6 Å². The van der Waals surface area contributed by atoms with Crippen molar-refractivity contribution in [2.75, 3.05) is 0 Å². The maximum Gasteiger partial charge on any atom is 0.0421 e. The first-order chi connectivity index (χ1) is 13.8. The van der Waals surface area contributed by atoms with Gasteiger partial charge in [-0.25, -0.2) is 0 Å². The van der Waals surface area contributed by atoms with Crippen molar-refractivity contribution in [1.29, 1.82) is 0 Å². The Hall–Kier alpha value is -0.150. The Morgan fingerprint density at radius 2 is 1.17 bits per heavy atom. The standard InChI is InChI=1S/C27H41NS2/c1-22(2)18-10-12-24(5,14-18)26(22,29)16-20-8-7-9-21(28-20)17-27(30)23(3,4)19-11-13-25(27,6)15-19/h7-9,18-19,29-30H,10-17H2,1-6H3/t18-,19-,24+,25+,26-,27-/m0/s1. The van der Waals surface area contributed by atoms with Crippen molar-refractivity contribution < 1.29 is 0 Å². The van der Waals surface area contributed by atoms with Crippen LogP contribution >= 0.6 is 25.3 Å². The van der Waals surface area contributed by atoms with Gasteiger partial charge in [-0.1, -0.05) is 47.6 Å². The molecule has 4 saturated carbocycles. The largest absolute Gasteiger partial charge is 0.258 e. The summed E-state index contributed by atoms with van der Waals surface area (Å²) in [6, 6.07) is 6.72. The van der Waals surface area contributed by atoms with Crippen LogP contribution in [0, 0.1) is 33.5 Å². The van der Waals surface area contributed by atoms with Gasteiger partial charge in [-0.3, -0.25) is 4.98 Å². The molecule has 3 heteroatoms. The van der Waals surface area contributed by atoms with E-state index in [1.807, 2.05) is 0 Å². The van der Waals surface area contributed by atoms with E-state index >= 15 is 0 Å². The third kappa shape index (κ3) is 2.49. The fraction of sp³-hybridized carbons (Fsp3) is 0.815. The monoisotopic (exact) mass is 443 g/mol. The molecule has 0 aromatic carbocycles. The quantitative estimate of drug-likeness (QED) is 0.469. The van der Waals surface area contributed by atoms with E-state index in [0.717, 1.165) is 24.7 Å². The van der Waals surface area contributed by atoms with Crippen LogP contribution in [0.1, 0.15) is 91.5 Å². The van der Waals surface area contributed by atoms with E-state index in [1.165, 1.54) is 49.9 Å². The van der Waals surface area contributed by atoms with Crippen LogP contribution in [0.2, 0.25) is 0 Å². The molecule has 1 heterocycles. The van der Waals surface area contributed by atoms with Crippen LogP contribution in [0.15, 0.2) is 18.2 Å². The molecule has 1 aromatic rings. The van der Waals surface area contributed by atoms with Crippen molar-refractivity contribution in [2.24, 2.45) is 33.5 Å². The predicted octanol–water partition coefficient (Wildman–Crippen LogP) is 7.20. The highest BCUT2D eigenvalue weighted by Gasteiger charge is 2.68. The van der Waals surface area contributed by atoms with Crippen LogP contribution in [0.3, 0.4) is 0 Å². The first kappa shape index (κ1) is 21.7. The molecule has 0 saturated heterocycles. The molecule has 1 aromatic heterocycles. The van der Waals surface area contributed by atoms with Gasteiger partial charge in [-0.05, 0) is 84.2 Å². The average molecular weight is 444 g/mol. The van der Waals surface area contributed by atoms with Gasteiger partial charge < -0.3 is 0 Å². The SMILES string of the molecule is CC1(C)[C@H]2CC[C@](C)(C2)[C@]1(S)Cc1cccc(C[C@]2(S)C(C)(C)[C@H]3CC[C@]2(C)C3)n1. The molecule has 4 bridgehead atoms. The lowest BCUT2D eigenvalue weighted by atomic mass is 9.61. The van der Waals surface area contributed by atoms with Crippen LogP contribution in [-0.2, 0) is 12.8 Å². The van der Waals surface area contributed by atoms with Gasteiger partial charge in [0, 0.05) is 33.7 Å². The fourth-order valence-electron chi connectivity index (χ4n) is 8.83. The molecule has 166 valence electrons. The highest BCUT2D eigenvalue weighted by molar-refractivity contribution is 7.82. The zero-order valence-corrected chi connectivity index (χ0v) is 21.7. The van der Waals surface area contributed by atoms with E-state index in [2.05, 4.69) is 59.7 Å². The summed E-state index contributed by atoms with van der Waals surface area (Å²) in [4.78, 5) is 5.25. The third-order valence-corrected chi connectivity index (χ3v) is 13.9. The minimum absolute atomic E-state index is 0.0187. The Kier molecular flexibility index (Phi) is 4.52. The molecule has 0 spiro atoms. The zero-order valence-electron chi connectivity index (χ0n) is 19.9. The molecule has 0 unspecified atom stereocenters. The van der Waals surface area contributed by atoms with Crippen molar-refractivity contribution >= 4 is 25.3 Å². The highest BCUT2D eigenvalue weighted by atomic mass is 32.1. The molecule has 1 nitrogen and oxygen atoms in total. The van der Waals surface area contributed by atoms with E-state index < -0.39 is 0 Å². The summed E-state index contributed by atoms with van der Waals surface area (Å²) in [5, 5.41) is 0. The molecule has 0 aliphatic heterocycles. The van der Waals surface area contributed by atoms with Gasteiger partial charge in [0.2, 0.25) is 0 Å². The Morgan fingerprint density at radius 1 is 0.767 bits per heavy atom. The second kappa shape index (κ2) is 6.25. The number of nitrogens with zero attached hydrogens (tertiary/aromatic N) is 1. The molecule has 6 atom stereocenters. The number of thiol groups is 2. The summed E-state index contributed by atoms with van der Waals surface area (Å²) in [7, 11) is 0. The Morgan fingerprint density at radius 3 is 1.50 bits per heavy atom. The summed E-state index contributed by atoms with van der Waals surface area (Å²) in [6.07, 6.45) is 10.00. The fourth-order valence-corrected chi connectivity index (χ4v) is 9.92. The van der Waals surface area contributed by atoms with E-state index in [9.17, 15) is 0 Å². The molecule has 30 heavy (non-hydrogen) atoms. The van der Waals surface area contributed by atoms with Crippen LogP contribution in [0.25, 0.3) is 0 Å². The number of aromatic nitrogens is 1. The summed E-state index contributed by atoms with van der Waals surface area (Å²) >= 11 is 10.9. The molecule has 4 aliphatic carbocycles. The molecular formula is C27H41NS2. The lowest BCUT2D eigenvalue weighted by molar-refractivity contribution is 0.107.